The van der Waals surface area contributed by atoms with Crippen LogP contribution in [0.15, 0.2) is 54.6 Å². The molecule has 1 aromatic heterocycles. The van der Waals surface area contributed by atoms with E-state index in [-0.39, 0.29) is 17.9 Å². The molecule has 202 valence electrons. The third-order valence-electron chi connectivity index (χ3n) is 6.21. The van der Waals surface area contributed by atoms with Crippen LogP contribution >= 0.6 is 11.3 Å². The van der Waals surface area contributed by atoms with Crippen molar-refractivity contribution in [1.82, 2.24) is 0 Å². The molecule has 1 amide bonds. The van der Waals surface area contributed by atoms with Crippen LogP contribution < -0.4 is 10.6 Å². The van der Waals surface area contributed by atoms with Crippen molar-refractivity contribution in [2.75, 3.05) is 11.4 Å². The van der Waals surface area contributed by atoms with Crippen molar-refractivity contribution in [2.45, 2.75) is 64.3 Å². The molecule has 2 N–H and O–H groups in total. The Morgan fingerprint density at radius 3 is 2.42 bits per heavy atom. The van der Waals surface area contributed by atoms with Gasteiger partial charge in [0.2, 0.25) is 5.91 Å². The van der Waals surface area contributed by atoms with E-state index in [1.807, 2.05) is 18.2 Å². The molecule has 4 rings (SSSR count). The number of alkyl halides is 3. The lowest BCUT2D eigenvalue weighted by atomic mass is 10.0. The number of nitrogens with two attached hydrogens (primary N) is 1. The van der Waals surface area contributed by atoms with E-state index >= 15 is 0 Å². The van der Waals surface area contributed by atoms with Gasteiger partial charge in [0.25, 0.3) is 0 Å². The smallest absolute Gasteiger partial charge is 0.426 e. The van der Waals surface area contributed by atoms with Gasteiger partial charge in [0, 0.05) is 22.7 Å². The van der Waals surface area contributed by atoms with E-state index in [9.17, 15) is 22.8 Å². The second-order valence-corrected chi connectivity index (χ2v) is 11.6. The van der Waals surface area contributed by atoms with Crippen LogP contribution in [0.5, 0.6) is 0 Å². The minimum Gasteiger partial charge on any atom is -0.460 e. The fourth-order valence-electron chi connectivity index (χ4n) is 4.57. The van der Waals surface area contributed by atoms with Crippen LogP contribution in [0, 0.1) is 0 Å². The van der Waals surface area contributed by atoms with Gasteiger partial charge in [-0.25, -0.2) is 0 Å². The zero-order chi connectivity index (χ0) is 27.7. The topological polar surface area (TPSA) is 72.6 Å². The van der Waals surface area contributed by atoms with Gasteiger partial charge in [0.05, 0.1) is 12.5 Å². The Balaban J connectivity index is 1.43. The predicted molar refractivity (Wildman–Crippen MR) is 143 cm³/mol. The number of esters is 1. The second kappa shape index (κ2) is 10.9. The summed E-state index contributed by atoms with van der Waals surface area (Å²) in [5, 5.41) is 0. The maximum Gasteiger partial charge on any atom is 0.426 e. The van der Waals surface area contributed by atoms with Gasteiger partial charge in [-0.05, 0) is 68.9 Å². The van der Waals surface area contributed by atoms with Crippen molar-refractivity contribution >= 4 is 28.9 Å². The molecule has 1 aliphatic rings. The van der Waals surface area contributed by atoms with Crippen LogP contribution in [-0.2, 0) is 39.8 Å². The second-order valence-electron chi connectivity index (χ2n) is 10.4. The van der Waals surface area contributed by atoms with Gasteiger partial charge < -0.3 is 15.4 Å². The first-order valence-corrected chi connectivity index (χ1v) is 13.3. The lowest BCUT2D eigenvalue weighted by Crippen LogP contribution is -2.45. The highest BCUT2D eigenvalue weighted by molar-refractivity contribution is 7.12. The van der Waals surface area contributed by atoms with E-state index in [1.165, 1.54) is 0 Å². The highest BCUT2D eigenvalue weighted by Crippen LogP contribution is 2.43. The van der Waals surface area contributed by atoms with E-state index in [0.717, 1.165) is 28.2 Å². The Hall–Kier alpha value is -3.17. The number of hydrogen-bond donors (Lipinski definition) is 1. The third-order valence-corrected chi connectivity index (χ3v) is 7.45. The molecular weight excluding hydrogens is 513 g/mol. The summed E-state index contributed by atoms with van der Waals surface area (Å²) in [7, 11) is 0. The Morgan fingerprint density at radius 1 is 1.05 bits per heavy atom. The van der Waals surface area contributed by atoms with Crippen molar-refractivity contribution in [3.8, 4) is 11.1 Å². The number of hydrogen-bond acceptors (Lipinski definition) is 5. The highest BCUT2D eigenvalue weighted by atomic mass is 32.1. The molecule has 0 spiro atoms. The summed E-state index contributed by atoms with van der Waals surface area (Å²) in [5.74, 6) is -0.861. The van der Waals surface area contributed by atoms with Crippen molar-refractivity contribution < 1.29 is 27.5 Å². The van der Waals surface area contributed by atoms with Crippen molar-refractivity contribution in [2.24, 2.45) is 5.73 Å². The first-order chi connectivity index (χ1) is 17.8. The minimum atomic E-state index is -4.41. The van der Waals surface area contributed by atoms with Gasteiger partial charge in [0.1, 0.15) is 10.5 Å². The van der Waals surface area contributed by atoms with Gasteiger partial charge in [-0.1, -0.05) is 42.5 Å². The summed E-state index contributed by atoms with van der Waals surface area (Å²) >= 11 is 0.792. The third kappa shape index (κ3) is 6.63. The minimum absolute atomic E-state index is 0.203. The summed E-state index contributed by atoms with van der Waals surface area (Å²) in [6, 6.07) is 15.0. The molecule has 0 saturated heterocycles. The van der Waals surface area contributed by atoms with Crippen LogP contribution in [0.1, 0.15) is 48.1 Å². The number of carbonyl (C=O) groups excluding carboxylic acids is 2. The lowest BCUT2D eigenvalue weighted by molar-refractivity contribution is -0.156. The molecule has 2 aromatic carbocycles. The first-order valence-electron chi connectivity index (χ1n) is 12.5. The van der Waals surface area contributed by atoms with Crippen LogP contribution in [0.25, 0.3) is 11.1 Å². The van der Waals surface area contributed by atoms with Gasteiger partial charge in [0.15, 0.2) is 0 Å². The molecule has 0 radical (unpaired) electrons. The molecule has 38 heavy (non-hydrogen) atoms. The number of fused-ring (bicyclic) bond motifs is 1. The van der Waals surface area contributed by atoms with Gasteiger partial charge in [-0.2, -0.15) is 13.2 Å². The zero-order valence-corrected chi connectivity index (χ0v) is 22.4. The summed E-state index contributed by atoms with van der Waals surface area (Å²) in [6.45, 7) is 5.72. The predicted octanol–water partition coefficient (Wildman–Crippen LogP) is 6.17. The Bertz CT molecular complexity index is 1310. The molecule has 2 heterocycles. The zero-order valence-electron chi connectivity index (χ0n) is 21.6. The van der Waals surface area contributed by atoms with E-state index in [2.05, 4.69) is 0 Å². The van der Waals surface area contributed by atoms with Crippen molar-refractivity contribution in [3.05, 3.63) is 75.5 Å². The van der Waals surface area contributed by atoms with Crippen LogP contribution in [0.3, 0.4) is 0 Å². The van der Waals surface area contributed by atoms with Gasteiger partial charge >= 0.3 is 12.1 Å². The van der Waals surface area contributed by atoms with E-state index in [1.54, 1.807) is 62.1 Å². The van der Waals surface area contributed by atoms with Gasteiger partial charge in [-0.3, -0.25) is 9.59 Å². The molecule has 0 bridgehead atoms. The molecule has 0 fully saturated rings. The fourth-order valence-corrected chi connectivity index (χ4v) is 5.61. The molecule has 0 unspecified atom stereocenters. The number of aryl methyl sites for hydroxylation is 2. The van der Waals surface area contributed by atoms with Crippen molar-refractivity contribution in [3.63, 3.8) is 0 Å². The number of halogens is 3. The number of benzene rings is 2. The Morgan fingerprint density at radius 2 is 1.76 bits per heavy atom. The number of nitrogens with zero attached hydrogens (tertiary/aromatic N) is 1. The van der Waals surface area contributed by atoms with Crippen LogP contribution in [0.4, 0.5) is 18.9 Å². The SMILES string of the molecule is CC(C)(C)OC(=O)C[C@@H](N)C(=O)N1CCc2cc(CCc3cc(-c4ccccc4)c(C(F)(F)F)s3)ccc21. The maximum absolute atomic E-state index is 13.7. The quantitative estimate of drug-likeness (QED) is 0.361. The van der Waals surface area contributed by atoms with E-state index < -0.39 is 28.7 Å². The van der Waals surface area contributed by atoms with Crippen LogP contribution in [-0.4, -0.2) is 30.1 Å². The fraction of sp³-hybridized carbons (Fsp3) is 0.379. The summed E-state index contributed by atoms with van der Waals surface area (Å²) in [4.78, 5) is 26.7. The lowest BCUT2D eigenvalue weighted by Gasteiger charge is -2.23. The number of amides is 1. The molecule has 0 saturated carbocycles. The maximum atomic E-state index is 13.7. The summed E-state index contributed by atoms with van der Waals surface area (Å²) in [5.41, 5.74) is 8.85. The monoisotopic (exact) mass is 544 g/mol. The molecule has 3 aromatic rings. The normalized spacial score (nSPS) is 14.3. The Kier molecular flexibility index (Phi) is 7.99. The molecule has 1 atom stereocenters. The van der Waals surface area contributed by atoms with Crippen LogP contribution in [0.2, 0.25) is 0 Å². The molecule has 1 aliphatic heterocycles. The summed E-state index contributed by atoms with van der Waals surface area (Å²) in [6.07, 6.45) is -2.93. The molecular formula is C29H31F3N2O3S. The number of ether oxygens (including phenoxy) is 1. The van der Waals surface area contributed by atoms with E-state index in [4.69, 9.17) is 10.5 Å². The standard InChI is InChI=1S/C29H31F3N2O3S/c1-28(2,3)37-25(35)17-23(33)27(36)34-14-13-20-15-18(10-12-24(20)34)9-11-21-16-22(19-7-5-4-6-8-19)26(38-21)29(30,31)32/h4-8,10,12,15-16,23H,9,11,13-14,17,33H2,1-3H3/t23-/m1/s1. The largest absolute Gasteiger partial charge is 0.460 e. The number of carbonyl (C=O) groups is 2. The highest BCUT2D eigenvalue weighted by Gasteiger charge is 2.36. The Labute approximate surface area is 224 Å². The molecule has 0 aliphatic carbocycles. The van der Waals surface area contributed by atoms with Crippen molar-refractivity contribution in [1.29, 1.82) is 0 Å². The average molecular weight is 545 g/mol. The molecule has 5 nitrogen and oxygen atoms in total. The average Bonchev–Trinajstić information content (AvgIpc) is 3.46. The van der Waals surface area contributed by atoms with E-state index in [0.29, 0.717) is 36.2 Å². The number of thiophene rings is 1. The molecule has 9 heteroatoms. The number of anilines is 1. The van der Waals surface area contributed by atoms with Gasteiger partial charge in [-0.15, -0.1) is 11.3 Å². The first kappa shape index (κ1) is 27.9. The number of rotatable bonds is 7. The summed E-state index contributed by atoms with van der Waals surface area (Å²) < 4.78 is 46.4.